The highest BCUT2D eigenvalue weighted by molar-refractivity contribution is 5.98. The number of ether oxygens (including phenoxy) is 2. The van der Waals surface area contributed by atoms with E-state index >= 15 is 0 Å². The molecular formula is C80H101N19O8. The lowest BCUT2D eigenvalue weighted by Gasteiger charge is -2.34. The SMILES string of the molecule is CCNC(=O)c1cn(C2CCCCC2)c2nc(Nc3ccc(CCN4CCOCC4)cc3)ncc2c1=O.CN1CCN(c2ccc(Nc3ncc4c(=O)c(C(N)=O)cn(C5CCCCC5)c4n3)cc2)CC1.CNC(=O)c1cn(C2CCCCC2)c2nc(Nc3ccc(CCN4CCOCC4)cc3)ncc2c1=O. The Morgan fingerprint density at radius 2 is 0.822 bits per heavy atom. The molecule has 9 heterocycles. The molecule has 15 rings (SSSR count). The van der Waals surface area contributed by atoms with E-state index in [2.05, 4.69) is 105 Å². The largest absolute Gasteiger partial charge is 0.379 e. The lowest BCUT2D eigenvalue weighted by molar-refractivity contribution is 0.0384. The molecule has 9 aromatic rings. The van der Waals surface area contributed by atoms with Gasteiger partial charge in [0.1, 0.15) is 33.6 Å². The van der Waals surface area contributed by atoms with E-state index in [0.29, 0.717) is 57.5 Å². The third-order valence-corrected chi connectivity index (χ3v) is 21.6. The van der Waals surface area contributed by atoms with Gasteiger partial charge in [-0.15, -0.1) is 0 Å². The van der Waals surface area contributed by atoms with Gasteiger partial charge in [0.25, 0.3) is 17.7 Å². The van der Waals surface area contributed by atoms with Gasteiger partial charge in [0, 0.05) is 157 Å². The van der Waals surface area contributed by atoms with Gasteiger partial charge in [-0.2, -0.15) is 15.0 Å². The molecule has 6 fully saturated rings. The highest BCUT2D eigenvalue weighted by atomic mass is 16.5. The average molecular weight is 1460 g/mol. The van der Waals surface area contributed by atoms with Crippen LogP contribution in [-0.2, 0) is 22.3 Å². The normalized spacial score (nSPS) is 17.4. The number of primary amides is 1. The third kappa shape index (κ3) is 18.8. The number of nitrogens with one attached hydrogen (secondary N) is 5. The number of benzene rings is 3. The number of likely N-dealkylation sites (N-methyl/N-ethyl adjacent to an activating group) is 1. The molecular weight excluding hydrogens is 1360 g/mol. The molecule has 0 unspecified atom stereocenters. The first-order chi connectivity index (χ1) is 52.2. The topological polar surface area (TPSA) is 312 Å². The van der Waals surface area contributed by atoms with E-state index in [4.69, 9.17) is 30.2 Å². The highest BCUT2D eigenvalue weighted by Gasteiger charge is 2.27. The maximum atomic E-state index is 13.2. The maximum absolute atomic E-state index is 13.2. The molecule has 3 saturated carbocycles. The quantitative estimate of drug-likeness (QED) is 0.0413. The predicted molar refractivity (Wildman–Crippen MR) is 418 cm³/mol. The van der Waals surface area contributed by atoms with E-state index < -0.39 is 11.3 Å². The lowest BCUT2D eigenvalue weighted by atomic mass is 9.95. The smallest absolute Gasteiger partial charge is 0.256 e. The highest BCUT2D eigenvalue weighted by Crippen LogP contribution is 2.34. The summed E-state index contributed by atoms with van der Waals surface area (Å²) in [6.07, 6.45) is 27.9. The Morgan fingerprint density at radius 1 is 0.467 bits per heavy atom. The summed E-state index contributed by atoms with van der Waals surface area (Å²) < 4.78 is 16.9. The third-order valence-electron chi connectivity index (χ3n) is 21.6. The molecule has 0 spiro atoms. The van der Waals surface area contributed by atoms with E-state index in [1.54, 1.807) is 24.8 Å². The van der Waals surface area contributed by atoms with Crippen LogP contribution in [0.1, 0.15) is 164 Å². The summed E-state index contributed by atoms with van der Waals surface area (Å²) in [7, 11) is 3.69. The number of fused-ring (bicyclic) bond motifs is 3. The number of hydrogen-bond donors (Lipinski definition) is 6. The molecule has 3 saturated heterocycles. The molecule has 0 atom stereocenters. The number of hydrogen-bond acceptors (Lipinski definition) is 21. The van der Waals surface area contributed by atoms with Crippen molar-refractivity contribution >= 4 is 91.4 Å². The van der Waals surface area contributed by atoms with Gasteiger partial charge in [-0.3, -0.25) is 38.6 Å². The van der Waals surface area contributed by atoms with Gasteiger partial charge in [-0.1, -0.05) is 82.1 Å². The van der Waals surface area contributed by atoms with Crippen molar-refractivity contribution in [1.82, 2.24) is 68.9 Å². The molecule has 6 aliphatic rings. The van der Waals surface area contributed by atoms with Crippen LogP contribution in [0.15, 0.2) is 124 Å². The van der Waals surface area contributed by atoms with Gasteiger partial charge >= 0.3 is 0 Å². The van der Waals surface area contributed by atoms with Gasteiger partial charge in [-0.25, -0.2) is 15.0 Å². The zero-order valence-corrected chi connectivity index (χ0v) is 61.9. The number of aromatic nitrogens is 9. The Kier molecular flexibility index (Phi) is 25.3. The fraction of sp³-hybridized carbons (Fsp3) is 0.475. The van der Waals surface area contributed by atoms with Crippen LogP contribution in [0.25, 0.3) is 33.1 Å². The van der Waals surface area contributed by atoms with Crippen molar-refractivity contribution in [3.63, 3.8) is 0 Å². The van der Waals surface area contributed by atoms with E-state index in [0.717, 1.165) is 199 Å². The molecule has 3 aromatic carbocycles. The van der Waals surface area contributed by atoms with Crippen molar-refractivity contribution < 1.29 is 23.9 Å². The minimum absolute atomic E-state index is 0.0122. The molecule has 0 bridgehead atoms. The summed E-state index contributed by atoms with van der Waals surface area (Å²) >= 11 is 0. The van der Waals surface area contributed by atoms with Crippen molar-refractivity contribution in [2.45, 2.75) is 134 Å². The number of anilines is 7. The van der Waals surface area contributed by atoms with Crippen molar-refractivity contribution in [2.75, 3.05) is 133 Å². The first-order valence-electron chi connectivity index (χ1n) is 38.4. The number of morpholine rings is 2. The Labute approximate surface area is 623 Å². The van der Waals surface area contributed by atoms with E-state index in [1.807, 2.05) is 57.0 Å². The number of amides is 3. The molecule has 3 aliphatic heterocycles. The standard InChI is InChI=1S/C28H36N6O3.C27H34N6O3.C25H31N7O2/c1-2-29-27(36)24-19-34(22-6-4-3-5-7-22)26-23(25(24)35)18-30-28(32-26)31-21-10-8-20(9-11-21)12-13-33-14-16-37-17-15-33;1-28-26(35)23-18-33(21-5-3-2-4-6-21)25-22(24(23)34)17-29-27(31-25)30-20-9-7-19(8-10-20)11-12-32-13-15-36-16-14-32;1-30-11-13-31(14-12-30)18-9-7-17(8-10-18)28-25-27-15-20-22(33)21(23(26)34)16-32(24(20)29-25)19-5-3-2-4-6-19/h8-11,18-19,22H,2-7,12-17H2,1H3,(H,29,36)(H,30,31,32);7-10,17-18,21H,2-6,11-16H2,1H3,(H,28,35)(H,29,30,31);7-10,15-16,19H,2-6,11-14H2,1H3,(H2,26,34)(H,27,28,29). The summed E-state index contributed by atoms with van der Waals surface area (Å²) in [4.78, 5) is 113. The number of rotatable bonds is 20. The first-order valence-corrected chi connectivity index (χ1v) is 38.4. The van der Waals surface area contributed by atoms with Gasteiger partial charge < -0.3 is 65.3 Å². The Hall–Kier alpha value is -10.1. The summed E-state index contributed by atoms with van der Waals surface area (Å²) in [5.74, 6) is -0.185. The van der Waals surface area contributed by atoms with Crippen LogP contribution in [0.5, 0.6) is 0 Å². The molecule has 564 valence electrons. The van der Waals surface area contributed by atoms with Crippen LogP contribution in [-0.4, -0.2) is 189 Å². The Bertz CT molecular complexity index is 4720. The summed E-state index contributed by atoms with van der Waals surface area (Å²) in [5.41, 5.74) is 12.8. The van der Waals surface area contributed by atoms with Crippen LogP contribution < -0.4 is 53.5 Å². The Morgan fingerprint density at radius 3 is 1.19 bits per heavy atom. The summed E-state index contributed by atoms with van der Waals surface area (Å²) in [6, 6.07) is 25.5. The number of carbonyl (C=O) groups excluding carboxylic acids is 3. The summed E-state index contributed by atoms with van der Waals surface area (Å²) in [5, 5.41) is 16.2. The fourth-order valence-corrected chi connectivity index (χ4v) is 15.3. The van der Waals surface area contributed by atoms with Gasteiger partial charge in [0.15, 0.2) is 0 Å². The van der Waals surface area contributed by atoms with Crippen molar-refractivity contribution in [3.8, 4) is 0 Å². The minimum Gasteiger partial charge on any atom is -0.379 e. The second-order valence-corrected chi connectivity index (χ2v) is 28.8. The zero-order valence-electron chi connectivity index (χ0n) is 61.9. The maximum Gasteiger partial charge on any atom is 0.256 e. The van der Waals surface area contributed by atoms with Crippen LogP contribution in [0, 0.1) is 0 Å². The summed E-state index contributed by atoms with van der Waals surface area (Å²) in [6.45, 7) is 15.8. The van der Waals surface area contributed by atoms with Gasteiger partial charge in [-0.05, 0) is 125 Å². The molecule has 3 amide bonds. The second-order valence-electron chi connectivity index (χ2n) is 28.8. The molecule has 6 aromatic heterocycles. The van der Waals surface area contributed by atoms with Crippen LogP contribution in [0.3, 0.4) is 0 Å². The number of piperazine rings is 1. The van der Waals surface area contributed by atoms with Crippen molar-refractivity contribution in [2.24, 2.45) is 5.73 Å². The van der Waals surface area contributed by atoms with Crippen LogP contribution in [0.2, 0.25) is 0 Å². The monoisotopic (exact) mass is 1460 g/mol. The first kappa shape index (κ1) is 75.2. The van der Waals surface area contributed by atoms with Crippen LogP contribution in [0.4, 0.5) is 40.6 Å². The molecule has 7 N–H and O–H groups in total. The van der Waals surface area contributed by atoms with E-state index in [-0.39, 0.29) is 57.5 Å². The van der Waals surface area contributed by atoms with Gasteiger partial charge in [0.2, 0.25) is 34.1 Å². The number of carbonyl (C=O) groups is 3. The predicted octanol–water partition coefficient (Wildman–Crippen LogP) is 9.83. The number of pyridine rings is 3. The molecule has 107 heavy (non-hydrogen) atoms. The van der Waals surface area contributed by atoms with E-state index in [1.165, 1.54) is 55.5 Å². The van der Waals surface area contributed by atoms with Crippen molar-refractivity contribution in [1.29, 1.82) is 0 Å². The second kappa shape index (κ2) is 36.0. The number of nitrogens with zero attached hydrogens (tertiary/aromatic N) is 13. The van der Waals surface area contributed by atoms with Crippen molar-refractivity contribution in [3.05, 3.63) is 168 Å². The van der Waals surface area contributed by atoms with Gasteiger partial charge in [0.05, 0.1) is 42.6 Å². The number of nitrogens with two attached hydrogens (primary N) is 1. The average Bonchev–Trinajstić information content (AvgIpc) is 0.777. The Balaban J connectivity index is 0.000000142. The molecule has 27 heteroatoms. The fourth-order valence-electron chi connectivity index (χ4n) is 15.3. The zero-order chi connectivity index (χ0) is 74.2. The molecule has 0 radical (unpaired) electrons. The molecule has 27 nitrogen and oxygen atoms in total. The van der Waals surface area contributed by atoms with E-state index in [9.17, 15) is 28.8 Å². The minimum atomic E-state index is -0.723. The molecule has 3 aliphatic carbocycles. The lowest BCUT2D eigenvalue weighted by Crippen LogP contribution is -2.44. The van der Waals surface area contributed by atoms with Crippen LogP contribution >= 0.6 is 0 Å².